The standard InChI is InChI=1S/C13H18N2O2S/c1-10(2)13(3,9-14)15-12(16)8-18-7-11-5-4-6-17-11/h4-6,10H,7-8H2,1-3H3,(H,15,16). The SMILES string of the molecule is CC(C)C(C)(C#N)NC(=O)CSCc1ccco1. The number of rotatable bonds is 6. The molecule has 1 N–H and O–H groups in total. The van der Waals surface area contributed by atoms with Gasteiger partial charge in [0.1, 0.15) is 11.3 Å². The van der Waals surface area contributed by atoms with E-state index in [0.717, 1.165) is 5.76 Å². The number of nitrogens with one attached hydrogen (secondary N) is 1. The molecule has 1 heterocycles. The van der Waals surface area contributed by atoms with Crippen LogP contribution in [0.15, 0.2) is 22.8 Å². The minimum absolute atomic E-state index is 0.0709. The Kier molecular flexibility index (Phi) is 5.29. The number of furan rings is 1. The van der Waals surface area contributed by atoms with Crippen LogP contribution in [-0.4, -0.2) is 17.2 Å². The van der Waals surface area contributed by atoms with Crippen LogP contribution >= 0.6 is 11.8 Å². The Morgan fingerprint density at radius 1 is 1.67 bits per heavy atom. The molecule has 1 aromatic heterocycles. The van der Waals surface area contributed by atoms with E-state index >= 15 is 0 Å². The molecule has 5 heteroatoms. The summed E-state index contributed by atoms with van der Waals surface area (Å²) in [6.07, 6.45) is 1.61. The molecule has 0 fully saturated rings. The Bertz CT molecular complexity index is 423. The zero-order valence-electron chi connectivity index (χ0n) is 10.9. The maximum Gasteiger partial charge on any atom is 0.231 e. The predicted octanol–water partition coefficient (Wildman–Crippen LogP) is 2.57. The summed E-state index contributed by atoms with van der Waals surface area (Å²) in [6, 6.07) is 5.85. The second-order valence-corrected chi connectivity index (χ2v) is 5.57. The van der Waals surface area contributed by atoms with E-state index in [1.807, 2.05) is 26.0 Å². The van der Waals surface area contributed by atoms with E-state index in [4.69, 9.17) is 9.68 Å². The Morgan fingerprint density at radius 2 is 2.39 bits per heavy atom. The monoisotopic (exact) mass is 266 g/mol. The molecule has 0 saturated heterocycles. The molecule has 0 bridgehead atoms. The molecule has 18 heavy (non-hydrogen) atoms. The van der Waals surface area contributed by atoms with Gasteiger partial charge in [-0.25, -0.2) is 0 Å². The van der Waals surface area contributed by atoms with E-state index in [0.29, 0.717) is 11.5 Å². The fourth-order valence-electron chi connectivity index (χ4n) is 1.27. The van der Waals surface area contributed by atoms with Crippen molar-refractivity contribution in [3.05, 3.63) is 24.2 Å². The highest BCUT2D eigenvalue weighted by molar-refractivity contribution is 7.99. The molecule has 0 aromatic carbocycles. The van der Waals surface area contributed by atoms with E-state index in [-0.39, 0.29) is 11.8 Å². The lowest BCUT2D eigenvalue weighted by molar-refractivity contribution is -0.120. The van der Waals surface area contributed by atoms with Gasteiger partial charge in [-0.3, -0.25) is 4.79 Å². The summed E-state index contributed by atoms with van der Waals surface area (Å²) in [5, 5.41) is 11.9. The molecular weight excluding hydrogens is 248 g/mol. The molecule has 1 atom stereocenters. The molecule has 0 aliphatic heterocycles. The minimum atomic E-state index is -0.803. The molecule has 98 valence electrons. The Hall–Kier alpha value is -1.41. The number of hydrogen-bond acceptors (Lipinski definition) is 4. The number of nitrogens with zero attached hydrogens (tertiary/aromatic N) is 1. The predicted molar refractivity (Wildman–Crippen MR) is 71.9 cm³/mol. The quantitative estimate of drug-likeness (QED) is 0.859. The van der Waals surface area contributed by atoms with Crippen molar-refractivity contribution < 1.29 is 9.21 Å². The molecule has 1 aromatic rings. The first kappa shape index (κ1) is 14.7. The van der Waals surface area contributed by atoms with E-state index in [2.05, 4.69) is 11.4 Å². The largest absolute Gasteiger partial charge is 0.468 e. The van der Waals surface area contributed by atoms with Crippen LogP contribution in [0.2, 0.25) is 0 Å². The molecule has 0 aliphatic rings. The molecule has 0 radical (unpaired) electrons. The third-order valence-electron chi connectivity index (χ3n) is 2.84. The highest BCUT2D eigenvalue weighted by Crippen LogP contribution is 2.16. The lowest BCUT2D eigenvalue weighted by atomic mass is 9.90. The summed E-state index contributed by atoms with van der Waals surface area (Å²) >= 11 is 1.47. The Morgan fingerprint density at radius 3 is 2.89 bits per heavy atom. The first-order chi connectivity index (χ1) is 8.48. The normalized spacial score (nSPS) is 13.9. The molecule has 1 amide bonds. The molecule has 0 spiro atoms. The van der Waals surface area contributed by atoms with Crippen molar-refractivity contribution in [2.24, 2.45) is 5.92 Å². The second kappa shape index (κ2) is 6.50. The van der Waals surface area contributed by atoms with Crippen molar-refractivity contribution in [3.8, 4) is 6.07 Å². The van der Waals surface area contributed by atoms with E-state index in [1.54, 1.807) is 13.2 Å². The summed E-state index contributed by atoms with van der Waals surface area (Å²) in [7, 11) is 0. The summed E-state index contributed by atoms with van der Waals surface area (Å²) in [4.78, 5) is 11.7. The lowest BCUT2D eigenvalue weighted by Gasteiger charge is -2.27. The van der Waals surface area contributed by atoms with E-state index < -0.39 is 5.54 Å². The Labute approximate surface area is 112 Å². The molecule has 1 rings (SSSR count). The van der Waals surface area contributed by atoms with Gasteiger partial charge in [-0.05, 0) is 25.0 Å². The van der Waals surface area contributed by atoms with Crippen molar-refractivity contribution in [3.63, 3.8) is 0 Å². The fourth-order valence-corrected chi connectivity index (χ4v) is 1.99. The summed E-state index contributed by atoms with van der Waals surface area (Å²) < 4.78 is 5.17. The van der Waals surface area contributed by atoms with Gasteiger partial charge in [0.15, 0.2) is 0 Å². The maximum absolute atomic E-state index is 11.7. The van der Waals surface area contributed by atoms with Crippen LogP contribution in [0.1, 0.15) is 26.5 Å². The second-order valence-electron chi connectivity index (χ2n) is 4.59. The van der Waals surface area contributed by atoms with Crippen LogP contribution < -0.4 is 5.32 Å². The third kappa shape index (κ3) is 4.11. The zero-order chi connectivity index (χ0) is 13.6. The first-order valence-electron chi connectivity index (χ1n) is 5.80. The van der Waals surface area contributed by atoms with Crippen molar-refractivity contribution in [1.82, 2.24) is 5.32 Å². The van der Waals surface area contributed by atoms with Crippen LogP contribution in [0.25, 0.3) is 0 Å². The van der Waals surface area contributed by atoms with Crippen LogP contribution in [0.5, 0.6) is 0 Å². The van der Waals surface area contributed by atoms with Gasteiger partial charge >= 0.3 is 0 Å². The van der Waals surface area contributed by atoms with Crippen molar-refractivity contribution in [1.29, 1.82) is 5.26 Å². The van der Waals surface area contributed by atoms with Gasteiger partial charge in [0.05, 0.1) is 23.8 Å². The summed E-state index contributed by atoms with van der Waals surface area (Å²) in [5.74, 6) is 1.78. The van der Waals surface area contributed by atoms with Gasteiger partial charge in [0.25, 0.3) is 0 Å². The van der Waals surface area contributed by atoms with Crippen molar-refractivity contribution >= 4 is 17.7 Å². The first-order valence-corrected chi connectivity index (χ1v) is 6.96. The molecule has 4 nitrogen and oxygen atoms in total. The van der Waals surface area contributed by atoms with Gasteiger partial charge in [0.2, 0.25) is 5.91 Å². The summed E-state index contributed by atoms with van der Waals surface area (Å²) in [6.45, 7) is 5.58. The van der Waals surface area contributed by atoms with Gasteiger partial charge in [-0.15, -0.1) is 11.8 Å². The van der Waals surface area contributed by atoms with Crippen LogP contribution in [0.4, 0.5) is 0 Å². The van der Waals surface area contributed by atoms with Crippen LogP contribution in [0.3, 0.4) is 0 Å². The lowest BCUT2D eigenvalue weighted by Crippen LogP contribution is -2.49. The number of thioether (sulfide) groups is 1. The summed E-state index contributed by atoms with van der Waals surface area (Å²) in [5.41, 5.74) is -0.803. The molecule has 0 aliphatic carbocycles. The number of amides is 1. The van der Waals surface area contributed by atoms with Crippen molar-refractivity contribution in [2.75, 3.05) is 5.75 Å². The van der Waals surface area contributed by atoms with Gasteiger partial charge in [0, 0.05) is 0 Å². The van der Waals surface area contributed by atoms with Gasteiger partial charge < -0.3 is 9.73 Å². The number of carbonyl (C=O) groups is 1. The zero-order valence-corrected chi connectivity index (χ0v) is 11.7. The fraction of sp³-hybridized carbons (Fsp3) is 0.538. The average Bonchev–Trinajstić information content (AvgIpc) is 2.81. The van der Waals surface area contributed by atoms with Gasteiger partial charge in [-0.1, -0.05) is 13.8 Å². The van der Waals surface area contributed by atoms with Crippen molar-refractivity contribution in [2.45, 2.75) is 32.1 Å². The van der Waals surface area contributed by atoms with E-state index in [1.165, 1.54) is 11.8 Å². The molecule has 1 unspecified atom stereocenters. The number of nitriles is 1. The molecule has 0 saturated carbocycles. The topological polar surface area (TPSA) is 66.0 Å². The minimum Gasteiger partial charge on any atom is -0.468 e. The third-order valence-corrected chi connectivity index (χ3v) is 3.80. The smallest absolute Gasteiger partial charge is 0.231 e. The highest BCUT2D eigenvalue weighted by atomic mass is 32.2. The maximum atomic E-state index is 11.7. The van der Waals surface area contributed by atoms with Crippen LogP contribution in [0, 0.1) is 17.2 Å². The van der Waals surface area contributed by atoms with Gasteiger partial charge in [-0.2, -0.15) is 5.26 Å². The molecular formula is C13H18N2O2S. The highest BCUT2D eigenvalue weighted by Gasteiger charge is 2.29. The van der Waals surface area contributed by atoms with E-state index in [9.17, 15) is 4.79 Å². The number of carbonyl (C=O) groups excluding carboxylic acids is 1. The number of hydrogen-bond donors (Lipinski definition) is 1. The Balaban J connectivity index is 2.36. The average molecular weight is 266 g/mol. The van der Waals surface area contributed by atoms with Crippen LogP contribution in [-0.2, 0) is 10.5 Å².